The minimum Gasteiger partial charge on any atom is -0.439 e. The molecule has 1 saturated heterocycles. The molecule has 2 heterocycles. The molecule has 1 aromatic carbocycles. The molecule has 0 spiro atoms. The lowest BCUT2D eigenvalue weighted by Crippen LogP contribution is -2.42. The van der Waals surface area contributed by atoms with Crippen molar-refractivity contribution in [3.63, 3.8) is 0 Å². The van der Waals surface area contributed by atoms with Gasteiger partial charge in [0.25, 0.3) is 0 Å². The zero-order valence-electron chi connectivity index (χ0n) is 12.4. The number of aromatic nitrogens is 1. The number of nitrogens with zero attached hydrogens (tertiary/aromatic N) is 2. The first-order valence-electron chi connectivity index (χ1n) is 6.76. The normalized spacial score (nSPS) is 14.4. The smallest absolute Gasteiger partial charge is 0.209 e. The van der Waals surface area contributed by atoms with Gasteiger partial charge in [-0.1, -0.05) is 29.8 Å². The Balaban J connectivity index is 0.00000147. The van der Waals surface area contributed by atoms with Gasteiger partial charge < -0.3 is 9.73 Å². The van der Waals surface area contributed by atoms with Crippen LogP contribution in [0.2, 0.25) is 0 Å². The van der Waals surface area contributed by atoms with Gasteiger partial charge in [-0.3, -0.25) is 4.90 Å². The Kier molecular flexibility index (Phi) is 9.72. The number of nitrogens with one attached hydrogen (secondary N) is 1. The topological polar surface area (TPSA) is 41.3 Å². The van der Waals surface area contributed by atoms with Crippen LogP contribution in [0.5, 0.6) is 0 Å². The predicted molar refractivity (Wildman–Crippen MR) is 96.6 cm³/mol. The largest absolute Gasteiger partial charge is 0.439 e. The average molecular weight is 367 g/mol. The van der Waals surface area contributed by atoms with Crippen LogP contribution in [0.25, 0.3) is 11.3 Å². The summed E-state index contributed by atoms with van der Waals surface area (Å²) in [6.07, 6.45) is 1.82. The predicted octanol–water partition coefficient (Wildman–Crippen LogP) is 3.32. The Hall–Kier alpha value is -0.780. The van der Waals surface area contributed by atoms with Gasteiger partial charge in [0, 0.05) is 31.7 Å². The van der Waals surface area contributed by atoms with Crippen molar-refractivity contribution < 1.29 is 4.42 Å². The van der Waals surface area contributed by atoms with E-state index in [0.29, 0.717) is 0 Å². The van der Waals surface area contributed by atoms with E-state index in [-0.39, 0.29) is 37.2 Å². The number of aryl methyl sites for hydroxylation is 1. The molecule has 1 fully saturated rings. The zero-order valence-corrected chi connectivity index (χ0v) is 14.9. The first-order chi connectivity index (χ1) is 9.31. The summed E-state index contributed by atoms with van der Waals surface area (Å²) >= 11 is 0. The lowest BCUT2D eigenvalue weighted by molar-refractivity contribution is 0.213. The first-order valence-corrected chi connectivity index (χ1v) is 6.76. The van der Waals surface area contributed by atoms with E-state index in [4.69, 9.17) is 4.42 Å². The van der Waals surface area contributed by atoms with Crippen molar-refractivity contribution in [3.8, 4) is 11.3 Å². The van der Waals surface area contributed by atoms with Crippen LogP contribution < -0.4 is 5.32 Å². The second kappa shape index (κ2) is 10.1. The molecule has 0 amide bonds. The van der Waals surface area contributed by atoms with Crippen molar-refractivity contribution in [1.82, 2.24) is 15.2 Å². The fourth-order valence-corrected chi connectivity index (χ4v) is 2.30. The SMILES string of the molecule is Cc1ccc(-c2cnc(CN3CCNCC3)o2)cc1.Cl.Cl.Cl. The standard InChI is InChI=1S/C15H19N3O.3ClH/c1-12-2-4-13(5-3-12)14-10-17-15(19-14)11-18-8-6-16-7-9-18;;;/h2-5,10,16H,6-9,11H2,1H3;3*1H. The Morgan fingerprint density at radius 1 is 1.09 bits per heavy atom. The molecule has 0 radical (unpaired) electrons. The maximum Gasteiger partial charge on any atom is 0.209 e. The summed E-state index contributed by atoms with van der Waals surface area (Å²) in [6, 6.07) is 8.33. The molecule has 0 unspecified atom stereocenters. The highest BCUT2D eigenvalue weighted by Gasteiger charge is 2.13. The van der Waals surface area contributed by atoms with Gasteiger partial charge >= 0.3 is 0 Å². The Bertz CT molecular complexity index is 539. The van der Waals surface area contributed by atoms with E-state index in [9.17, 15) is 0 Å². The van der Waals surface area contributed by atoms with E-state index in [1.54, 1.807) is 0 Å². The molecule has 0 saturated carbocycles. The fourth-order valence-electron chi connectivity index (χ4n) is 2.30. The van der Waals surface area contributed by atoms with Gasteiger partial charge in [-0.2, -0.15) is 0 Å². The maximum absolute atomic E-state index is 5.84. The third kappa shape index (κ3) is 5.45. The second-order valence-corrected chi connectivity index (χ2v) is 5.01. The van der Waals surface area contributed by atoms with Gasteiger partial charge in [0.2, 0.25) is 5.89 Å². The van der Waals surface area contributed by atoms with Gasteiger partial charge in [0.1, 0.15) is 0 Å². The maximum atomic E-state index is 5.84. The Labute approximate surface area is 149 Å². The lowest BCUT2D eigenvalue weighted by Gasteiger charge is -2.25. The highest BCUT2D eigenvalue weighted by molar-refractivity contribution is 5.86. The molecule has 2 aromatic rings. The molecule has 0 aliphatic carbocycles. The number of rotatable bonds is 3. The van der Waals surface area contributed by atoms with Gasteiger partial charge in [-0.15, -0.1) is 37.2 Å². The third-order valence-electron chi connectivity index (χ3n) is 3.46. The fraction of sp³-hybridized carbons (Fsp3) is 0.400. The van der Waals surface area contributed by atoms with E-state index >= 15 is 0 Å². The van der Waals surface area contributed by atoms with Crippen LogP contribution in [0, 0.1) is 6.92 Å². The molecule has 22 heavy (non-hydrogen) atoms. The van der Waals surface area contributed by atoms with Gasteiger partial charge in [0.15, 0.2) is 5.76 Å². The van der Waals surface area contributed by atoms with Crippen molar-refractivity contribution >= 4 is 37.2 Å². The van der Waals surface area contributed by atoms with Crippen LogP contribution in [0.15, 0.2) is 34.9 Å². The molecule has 0 bridgehead atoms. The summed E-state index contributed by atoms with van der Waals surface area (Å²) in [5.41, 5.74) is 2.34. The molecule has 1 aliphatic heterocycles. The highest BCUT2D eigenvalue weighted by atomic mass is 35.5. The third-order valence-corrected chi connectivity index (χ3v) is 3.46. The summed E-state index contributed by atoms with van der Waals surface area (Å²) in [6.45, 7) is 7.09. The van der Waals surface area contributed by atoms with Gasteiger partial charge in [0.05, 0.1) is 12.7 Å². The van der Waals surface area contributed by atoms with Crippen LogP contribution in [-0.2, 0) is 6.54 Å². The summed E-state index contributed by atoms with van der Waals surface area (Å²) in [7, 11) is 0. The minimum absolute atomic E-state index is 0. The molecular formula is C15H22Cl3N3O. The van der Waals surface area contributed by atoms with Gasteiger partial charge in [-0.05, 0) is 6.92 Å². The summed E-state index contributed by atoms with van der Waals surface area (Å²) in [5, 5.41) is 3.34. The summed E-state index contributed by atoms with van der Waals surface area (Å²) in [4.78, 5) is 6.74. The highest BCUT2D eigenvalue weighted by Crippen LogP contribution is 2.21. The first kappa shape index (κ1) is 21.2. The van der Waals surface area contributed by atoms with E-state index in [0.717, 1.165) is 49.9 Å². The molecular weight excluding hydrogens is 345 g/mol. The van der Waals surface area contributed by atoms with Crippen LogP contribution in [0.3, 0.4) is 0 Å². The van der Waals surface area contributed by atoms with Crippen molar-refractivity contribution in [2.75, 3.05) is 26.2 Å². The number of benzene rings is 1. The van der Waals surface area contributed by atoms with Crippen LogP contribution >= 0.6 is 37.2 Å². The van der Waals surface area contributed by atoms with E-state index in [2.05, 4.69) is 46.4 Å². The average Bonchev–Trinajstić information content (AvgIpc) is 2.89. The van der Waals surface area contributed by atoms with Crippen molar-refractivity contribution in [2.45, 2.75) is 13.5 Å². The monoisotopic (exact) mass is 365 g/mol. The molecule has 7 heteroatoms. The van der Waals surface area contributed by atoms with Crippen molar-refractivity contribution in [1.29, 1.82) is 0 Å². The zero-order chi connectivity index (χ0) is 13.1. The Morgan fingerprint density at radius 2 is 1.73 bits per heavy atom. The molecule has 1 aromatic heterocycles. The number of piperazine rings is 1. The van der Waals surface area contributed by atoms with Crippen LogP contribution in [-0.4, -0.2) is 36.1 Å². The van der Waals surface area contributed by atoms with Crippen LogP contribution in [0.1, 0.15) is 11.5 Å². The summed E-state index contributed by atoms with van der Waals surface area (Å²) < 4.78 is 5.84. The van der Waals surface area contributed by atoms with Crippen molar-refractivity contribution in [3.05, 3.63) is 41.9 Å². The Morgan fingerprint density at radius 3 is 2.36 bits per heavy atom. The van der Waals surface area contributed by atoms with Crippen LogP contribution in [0.4, 0.5) is 0 Å². The minimum atomic E-state index is 0. The quantitative estimate of drug-likeness (QED) is 0.905. The molecule has 3 rings (SSSR count). The van der Waals surface area contributed by atoms with E-state index in [1.165, 1.54) is 5.56 Å². The lowest BCUT2D eigenvalue weighted by atomic mass is 10.1. The summed E-state index contributed by atoms with van der Waals surface area (Å²) in [5.74, 6) is 1.66. The van der Waals surface area contributed by atoms with E-state index < -0.39 is 0 Å². The molecule has 124 valence electrons. The molecule has 1 aliphatic rings. The number of oxazole rings is 1. The number of hydrogen-bond acceptors (Lipinski definition) is 4. The molecule has 1 N–H and O–H groups in total. The van der Waals surface area contributed by atoms with E-state index in [1.807, 2.05) is 6.20 Å². The second-order valence-electron chi connectivity index (χ2n) is 5.01. The molecule has 4 nitrogen and oxygen atoms in total. The van der Waals surface area contributed by atoms with Gasteiger partial charge in [-0.25, -0.2) is 4.98 Å². The number of hydrogen-bond donors (Lipinski definition) is 1. The van der Waals surface area contributed by atoms with Crippen molar-refractivity contribution in [2.24, 2.45) is 0 Å². The molecule has 0 atom stereocenters. The number of halogens is 3.